The van der Waals surface area contributed by atoms with Crippen molar-refractivity contribution in [2.24, 2.45) is 4.99 Å². The topological polar surface area (TPSA) is 49.3 Å². The van der Waals surface area contributed by atoms with Crippen molar-refractivity contribution in [2.45, 2.75) is 40.2 Å². The molecule has 0 atom stereocenters. The van der Waals surface area contributed by atoms with Crippen LogP contribution in [0, 0.1) is 6.92 Å². The Morgan fingerprint density at radius 1 is 1.17 bits per heavy atom. The molecule has 0 radical (unpaired) electrons. The third-order valence-electron chi connectivity index (χ3n) is 3.63. The number of hydrogen-bond acceptors (Lipinski definition) is 3. The first-order chi connectivity index (χ1) is 11.2. The van der Waals surface area contributed by atoms with Crippen LogP contribution < -0.4 is 10.6 Å². The number of nitrogens with zero attached hydrogens (tertiary/aromatic N) is 2. The van der Waals surface area contributed by atoms with Crippen LogP contribution in [0.25, 0.3) is 0 Å². The van der Waals surface area contributed by atoms with Crippen LogP contribution in [-0.4, -0.2) is 24.0 Å². The van der Waals surface area contributed by atoms with E-state index in [4.69, 9.17) is 0 Å². The summed E-state index contributed by atoms with van der Waals surface area (Å²) in [6.07, 6.45) is 5.83. The number of halogens is 1. The second-order valence-electron chi connectivity index (χ2n) is 5.40. The molecule has 0 aliphatic heterocycles. The summed E-state index contributed by atoms with van der Waals surface area (Å²) in [6, 6.07) is 6.46. The summed E-state index contributed by atoms with van der Waals surface area (Å²) in [5, 5.41) is 6.72. The number of nitrogens with one attached hydrogen (secondary N) is 2. The molecule has 4 nitrogen and oxygen atoms in total. The van der Waals surface area contributed by atoms with Crippen molar-refractivity contribution in [3.8, 4) is 0 Å². The van der Waals surface area contributed by atoms with Gasteiger partial charge in [0.05, 0.1) is 6.54 Å². The van der Waals surface area contributed by atoms with Crippen LogP contribution in [-0.2, 0) is 19.4 Å². The fraction of sp³-hybridized carbons (Fsp3) is 0.444. The van der Waals surface area contributed by atoms with E-state index in [0.29, 0.717) is 0 Å². The number of aliphatic imine (C=N–C) groups is 1. The lowest BCUT2D eigenvalue weighted by Crippen LogP contribution is -2.38. The largest absolute Gasteiger partial charge is 0.357 e. The van der Waals surface area contributed by atoms with Crippen LogP contribution in [0.5, 0.6) is 0 Å². The van der Waals surface area contributed by atoms with E-state index >= 15 is 0 Å². The third kappa shape index (κ3) is 6.76. The highest BCUT2D eigenvalue weighted by molar-refractivity contribution is 14.0. The van der Waals surface area contributed by atoms with Gasteiger partial charge in [0.1, 0.15) is 0 Å². The van der Waals surface area contributed by atoms with Crippen molar-refractivity contribution in [1.82, 2.24) is 15.6 Å². The molecule has 2 N–H and O–H groups in total. The highest BCUT2D eigenvalue weighted by Crippen LogP contribution is 2.17. The van der Waals surface area contributed by atoms with E-state index in [-0.39, 0.29) is 24.0 Å². The van der Waals surface area contributed by atoms with Gasteiger partial charge in [-0.3, -0.25) is 4.98 Å². The molecule has 0 amide bonds. The lowest BCUT2D eigenvalue weighted by Gasteiger charge is -2.11. The lowest BCUT2D eigenvalue weighted by molar-refractivity contribution is 0.797. The normalized spacial score (nSPS) is 11.0. The van der Waals surface area contributed by atoms with Gasteiger partial charge < -0.3 is 10.6 Å². The van der Waals surface area contributed by atoms with Crippen LogP contribution in [0.2, 0.25) is 0 Å². The summed E-state index contributed by atoms with van der Waals surface area (Å²) in [7, 11) is 0. The minimum atomic E-state index is 0. The van der Waals surface area contributed by atoms with Gasteiger partial charge in [-0.25, -0.2) is 4.99 Å². The Labute approximate surface area is 166 Å². The molecule has 2 aromatic heterocycles. The SMILES string of the molecule is CCNC(=NCc1ccc(CC)s1)NCCc1ccncc1C.I. The number of rotatable bonds is 7. The van der Waals surface area contributed by atoms with Gasteiger partial charge in [0, 0.05) is 35.2 Å². The average Bonchev–Trinajstić information content (AvgIpc) is 3.02. The molecule has 0 aromatic carbocycles. The molecule has 0 saturated heterocycles. The second-order valence-corrected chi connectivity index (χ2v) is 6.65. The molecule has 0 spiro atoms. The Morgan fingerprint density at radius 2 is 1.96 bits per heavy atom. The van der Waals surface area contributed by atoms with Gasteiger partial charge in [0.25, 0.3) is 0 Å². The Bertz CT molecular complexity index is 639. The molecule has 0 unspecified atom stereocenters. The molecule has 0 saturated carbocycles. The number of thiophene rings is 1. The van der Waals surface area contributed by atoms with Crippen molar-refractivity contribution in [2.75, 3.05) is 13.1 Å². The van der Waals surface area contributed by atoms with E-state index in [1.54, 1.807) is 0 Å². The van der Waals surface area contributed by atoms with Gasteiger partial charge >= 0.3 is 0 Å². The molecule has 2 heterocycles. The summed E-state index contributed by atoms with van der Waals surface area (Å²) in [4.78, 5) is 11.5. The van der Waals surface area contributed by atoms with E-state index in [1.165, 1.54) is 20.9 Å². The van der Waals surface area contributed by atoms with Crippen molar-refractivity contribution in [1.29, 1.82) is 0 Å². The zero-order chi connectivity index (χ0) is 16.5. The predicted molar refractivity (Wildman–Crippen MR) is 115 cm³/mol. The molecule has 0 bridgehead atoms. The zero-order valence-electron chi connectivity index (χ0n) is 14.6. The lowest BCUT2D eigenvalue weighted by atomic mass is 10.1. The van der Waals surface area contributed by atoms with Crippen molar-refractivity contribution < 1.29 is 0 Å². The maximum atomic E-state index is 4.68. The average molecular weight is 458 g/mol. The van der Waals surface area contributed by atoms with Gasteiger partial charge in [0.15, 0.2) is 5.96 Å². The summed E-state index contributed by atoms with van der Waals surface area (Å²) >= 11 is 1.85. The number of pyridine rings is 1. The number of guanidine groups is 1. The van der Waals surface area contributed by atoms with Crippen LogP contribution in [0.1, 0.15) is 34.7 Å². The Morgan fingerprint density at radius 3 is 2.62 bits per heavy atom. The summed E-state index contributed by atoms with van der Waals surface area (Å²) in [5.41, 5.74) is 2.57. The van der Waals surface area contributed by atoms with E-state index in [9.17, 15) is 0 Å². The van der Waals surface area contributed by atoms with Gasteiger partial charge in [-0.05, 0) is 56.0 Å². The highest BCUT2D eigenvalue weighted by atomic mass is 127. The minimum absolute atomic E-state index is 0. The summed E-state index contributed by atoms with van der Waals surface area (Å²) in [5.74, 6) is 0.880. The Kier molecular flexibility index (Phi) is 9.94. The highest BCUT2D eigenvalue weighted by Gasteiger charge is 2.02. The Balaban J connectivity index is 0.00000288. The fourth-order valence-corrected chi connectivity index (χ4v) is 3.18. The van der Waals surface area contributed by atoms with Crippen LogP contribution in [0.15, 0.2) is 35.6 Å². The van der Waals surface area contributed by atoms with Crippen molar-refractivity contribution in [3.63, 3.8) is 0 Å². The first-order valence-electron chi connectivity index (χ1n) is 8.22. The van der Waals surface area contributed by atoms with Crippen LogP contribution in [0.4, 0.5) is 0 Å². The standard InChI is InChI=1S/C18H26N4S.HI/c1-4-16-6-7-17(23-16)13-22-18(20-5-2)21-11-9-15-8-10-19-12-14(15)3;/h6-8,10,12H,4-5,9,11,13H2,1-3H3,(H2,20,21,22);1H. The summed E-state index contributed by atoms with van der Waals surface area (Å²) in [6.45, 7) is 8.83. The molecule has 2 aromatic rings. The van der Waals surface area contributed by atoms with Crippen molar-refractivity contribution in [3.05, 3.63) is 51.5 Å². The van der Waals surface area contributed by atoms with E-state index in [2.05, 4.69) is 59.6 Å². The number of hydrogen-bond donors (Lipinski definition) is 2. The van der Waals surface area contributed by atoms with E-state index in [1.807, 2.05) is 23.7 Å². The van der Waals surface area contributed by atoms with Gasteiger partial charge in [-0.2, -0.15) is 0 Å². The second kappa shape index (κ2) is 11.4. The molecule has 0 aliphatic rings. The number of aromatic nitrogens is 1. The van der Waals surface area contributed by atoms with Crippen molar-refractivity contribution >= 4 is 41.3 Å². The third-order valence-corrected chi connectivity index (χ3v) is 4.84. The Hall–Kier alpha value is -1.15. The quantitative estimate of drug-likeness (QED) is 0.376. The molecule has 6 heteroatoms. The maximum absolute atomic E-state index is 4.68. The first kappa shape index (κ1) is 20.9. The smallest absolute Gasteiger partial charge is 0.191 e. The predicted octanol–water partition coefficient (Wildman–Crippen LogP) is 3.93. The summed E-state index contributed by atoms with van der Waals surface area (Å²) < 4.78 is 0. The molecule has 0 fully saturated rings. The maximum Gasteiger partial charge on any atom is 0.191 e. The van der Waals surface area contributed by atoms with Crippen LogP contribution in [0.3, 0.4) is 0 Å². The molecular formula is C18H27IN4S. The minimum Gasteiger partial charge on any atom is -0.357 e. The zero-order valence-corrected chi connectivity index (χ0v) is 17.8. The first-order valence-corrected chi connectivity index (χ1v) is 9.03. The molecular weight excluding hydrogens is 431 g/mol. The molecule has 132 valence electrons. The fourth-order valence-electron chi connectivity index (χ4n) is 2.29. The van der Waals surface area contributed by atoms with E-state index in [0.717, 1.165) is 38.4 Å². The van der Waals surface area contributed by atoms with Crippen LogP contribution >= 0.6 is 35.3 Å². The molecule has 2 rings (SSSR count). The van der Waals surface area contributed by atoms with Gasteiger partial charge in [-0.15, -0.1) is 35.3 Å². The number of aryl methyl sites for hydroxylation is 2. The monoisotopic (exact) mass is 458 g/mol. The van der Waals surface area contributed by atoms with Gasteiger partial charge in [-0.1, -0.05) is 6.92 Å². The van der Waals surface area contributed by atoms with Gasteiger partial charge in [0.2, 0.25) is 0 Å². The molecule has 24 heavy (non-hydrogen) atoms. The molecule has 0 aliphatic carbocycles. The van der Waals surface area contributed by atoms with E-state index < -0.39 is 0 Å².